The van der Waals surface area contributed by atoms with Gasteiger partial charge in [-0.2, -0.15) is 0 Å². The van der Waals surface area contributed by atoms with E-state index in [1.165, 1.54) is 29.0 Å². The maximum absolute atomic E-state index is 11.3. The molecule has 0 amide bonds. The summed E-state index contributed by atoms with van der Waals surface area (Å²) in [5.74, 6) is -1.02. The van der Waals surface area contributed by atoms with E-state index in [2.05, 4.69) is 48.1 Å². The van der Waals surface area contributed by atoms with Crippen LogP contribution >= 0.6 is 11.8 Å². The van der Waals surface area contributed by atoms with Gasteiger partial charge >= 0.3 is 5.97 Å². The monoisotopic (exact) mass is 374 g/mol. The van der Waals surface area contributed by atoms with Crippen molar-refractivity contribution in [1.29, 1.82) is 0 Å². The quantitative estimate of drug-likeness (QED) is 0.481. The van der Waals surface area contributed by atoms with Gasteiger partial charge < -0.3 is 10.1 Å². The van der Waals surface area contributed by atoms with Gasteiger partial charge in [-0.1, -0.05) is 48.2 Å². The highest BCUT2D eigenvalue weighted by Gasteiger charge is 2.17. The molecule has 2 N–H and O–H groups in total. The number of H-pyrrole nitrogens is 1. The maximum Gasteiger partial charge on any atom is 0.354 e. The number of pyridine rings is 1. The van der Waals surface area contributed by atoms with Crippen molar-refractivity contribution in [2.24, 2.45) is 0 Å². The fraction of sp³-hybridized carbons (Fsp3) is 0.0909. The van der Waals surface area contributed by atoms with Crippen molar-refractivity contribution >= 4 is 28.6 Å². The lowest BCUT2D eigenvalue weighted by molar-refractivity contribution is 0.0689. The molecule has 27 heavy (non-hydrogen) atoms. The molecular weight excluding hydrogens is 356 g/mol. The summed E-state index contributed by atoms with van der Waals surface area (Å²) in [5.41, 5.74) is 5.66. The van der Waals surface area contributed by atoms with Crippen molar-refractivity contribution in [2.75, 3.05) is 0 Å². The van der Waals surface area contributed by atoms with E-state index in [1.807, 2.05) is 24.3 Å². The van der Waals surface area contributed by atoms with E-state index < -0.39 is 5.97 Å². The number of fused-ring (bicyclic) bond motifs is 1. The third-order valence-corrected chi connectivity index (χ3v) is 5.64. The van der Waals surface area contributed by atoms with Crippen LogP contribution in [0.3, 0.4) is 0 Å². The molecule has 2 heterocycles. The Labute approximate surface area is 161 Å². The number of aryl methyl sites for hydroxylation is 2. The highest BCUT2D eigenvalue weighted by atomic mass is 32.2. The van der Waals surface area contributed by atoms with Crippen LogP contribution in [-0.4, -0.2) is 21.0 Å². The summed E-state index contributed by atoms with van der Waals surface area (Å²) in [6.45, 7) is 4.20. The molecular formula is C22H18N2O2S. The first-order chi connectivity index (χ1) is 13.0. The number of hydrogen-bond acceptors (Lipinski definition) is 3. The van der Waals surface area contributed by atoms with Crippen molar-refractivity contribution in [1.82, 2.24) is 9.97 Å². The van der Waals surface area contributed by atoms with E-state index in [0.717, 1.165) is 27.1 Å². The van der Waals surface area contributed by atoms with E-state index in [9.17, 15) is 9.90 Å². The molecule has 0 aliphatic carbocycles. The molecule has 134 valence electrons. The summed E-state index contributed by atoms with van der Waals surface area (Å²) in [5, 5.41) is 11.0. The number of carbonyl (C=O) groups is 1. The van der Waals surface area contributed by atoms with Crippen LogP contribution in [0, 0.1) is 13.8 Å². The number of hydrogen-bond donors (Lipinski definition) is 2. The number of aromatic nitrogens is 2. The third-order valence-electron chi connectivity index (χ3n) is 4.58. The molecule has 0 saturated heterocycles. The number of rotatable bonds is 4. The lowest BCUT2D eigenvalue weighted by Crippen LogP contribution is -1.99. The molecule has 5 heteroatoms. The smallest absolute Gasteiger partial charge is 0.354 e. The average Bonchev–Trinajstić information content (AvgIpc) is 3.00. The molecule has 0 fully saturated rings. The van der Waals surface area contributed by atoms with Crippen LogP contribution in [0.1, 0.15) is 21.6 Å². The van der Waals surface area contributed by atoms with Crippen LogP contribution in [0.15, 0.2) is 70.6 Å². The van der Waals surface area contributed by atoms with Gasteiger partial charge in [-0.3, -0.25) is 0 Å². The minimum Gasteiger partial charge on any atom is -0.477 e. The van der Waals surface area contributed by atoms with E-state index in [4.69, 9.17) is 0 Å². The fourth-order valence-corrected chi connectivity index (χ4v) is 4.09. The average molecular weight is 374 g/mol. The van der Waals surface area contributed by atoms with Gasteiger partial charge in [0.05, 0.1) is 5.69 Å². The highest BCUT2D eigenvalue weighted by Crippen LogP contribution is 2.41. The first kappa shape index (κ1) is 17.4. The highest BCUT2D eigenvalue weighted by molar-refractivity contribution is 7.99. The third kappa shape index (κ3) is 3.34. The Morgan fingerprint density at radius 2 is 1.74 bits per heavy atom. The summed E-state index contributed by atoms with van der Waals surface area (Å²) in [6.07, 6.45) is 0. The largest absolute Gasteiger partial charge is 0.477 e. The Balaban J connectivity index is 1.90. The molecule has 2 aromatic heterocycles. The molecule has 2 aromatic carbocycles. The van der Waals surface area contributed by atoms with Crippen molar-refractivity contribution in [3.8, 4) is 11.3 Å². The molecule has 4 nitrogen and oxygen atoms in total. The van der Waals surface area contributed by atoms with Gasteiger partial charge in [0.25, 0.3) is 0 Å². The van der Waals surface area contributed by atoms with E-state index in [1.54, 1.807) is 6.07 Å². The summed E-state index contributed by atoms with van der Waals surface area (Å²) < 4.78 is 0. The molecule has 0 radical (unpaired) electrons. The first-order valence-electron chi connectivity index (χ1n) is 8.59. The molecule has 0 aliphatic rings. The van der Waals surface area contributed by atoms with Crippen LogP contribution in [-0.2, 0) is 0 Å². The number of aromatic amines is 1. The second kappa shape index (κ2) is 6.93. The van der Waals surface area contributed by atoms with E-state index in [0.29, 0.717) is 5.03 Å². The number of carboxylic acids is 1. The topological polar surface area (TPSA) is 66.0 Å². The standard InChI is InChI=1S/C22H18N2O2S/c1-13-11-16-18(12-14(13)2)24-20(15-7-4-3-5-8-15)21(16)27-19-10-6-9-17(23-19)22(25)26/h3-12,24H,1-2H3,(H,25,26). The van der Waals surface area contributed by atoms with Crippen LogP contribution < -0.4 is 0 Å². The molecule has 0 bridgehead atoms. The number of benzene rings is 2. The van der Waals surface area contributed by atoms with Crippen LogP contribution in [0.5, 0.6) is 0 Å². The lowest BCUT2D eigenvalue weighted by atomic mass is 10.1. The SMILES string of the molecule is Cc1cc2[nH]c(-c3ccccc3)c(Sc3cccc(C(=O)O)n3)c2cc1C. The van der Waals surface area contributed by atoms with Crippen molar-refractivity contribution in [3.05, 3.63) is 77.5 Å². The summed E-state index contributed by atoms with van der Waals surface area (Å²) >= 11 is 1.49. The lowest BCUT2D eigenvalue weighted by Gasteiger charge is -2.06. The Morgan fingerprint density at radius 1 is 1.00 bits per heavy atom. The first-order valence-corrected chi connectivity index (χ1v) is 9.41. The summed E-state index contributed by atoms with van der Waals surface area (Å²) in [7, 11) is 0. The minimum atomic E-state index is -1.02. The number of nitrogens with zero attached hydrogens (tertiary/aromatic N) is 1. The van der Waals surface area contributed by atoms with Crippen LogP contribution in [0.25, 0.3) is 22.2 Å². The van der Waals surface area contributed by atoms with Crippen LogP contribution in [0.4, 0.5) is 0 Å². The number of aromatic carboxylic acids is 1. The van der Waals surface area contributed by atoms with Crippen molar-refractivity contribution in [2.45, 2.75) is 23.8 Å². The Hall–Kier alpha value is -3.05. The molecule has 4 aromatic rings. The van der Waals surface area contributed by atoms with Gasteiger partial charge in [0.1, 0.15) is 10.7 Å². The second-order valence-electron chi connectivity index (χ2n) is 6.45. The zero-order valence-electron chi connectivity index (χ0n) is 15.0. The minimum absolute atomic E-state index is 0.0492. The molecule has 4 rings (SSSR count). The second-order valence-corrected chi connectivity index (χ2v) is 7.48. The molecule has 0 atom stereocenters. The normalized spacial score (nSPS) is 11.0. The molecule has 0 unspecified atom stereocenters. The summed E-state index contributed by atoms with van der Waals surface area (Å²) in [4.78, 5) is 20.1. The number of nitrogens with one attached hydrogen (secondary N) is 1. The molecule has 0 aliphatic heterocycles. The van der Waals surface area contributed by atoms with Gasteiger partial charge in [0.15, 0.2) is 0 Å². The summed E-state index contributed by atoms with van der Waals surface area (Å²) in [6, 6.07) is 19.5. The predicted octanol–water partition coefficient (Wildman–Crippen LogP) is 5.70. The van der Waals surface area contributed by atoms with Gasteiger partial charge in [0, 0.05) is 15.8 Å². The molecule has 0 spiro atoms. The zero-order valence-corrected chi connectivity index (χ0v) is 15.8. The Bertz CT molecular complexity index is 1150. The van der Waals surface area contributed by atoms with Crippen molar-refractivity contribution in [3.63, 3.8) is 0 Å². The zero-order chi connectivity index (χ0) is 19.0. The number of carboxylic acid groups (broad SMARTS) is 1. The Morgan fingerprint density at radius 3 is 2.48 bits per heavy atom. The van der Waals surface area contributed by atoms with Gasteiger partial charge in [-0.05, 0) is 54.8 Å². The molecule has 0 saturated carbocycles. The van der Waals surface area contributed by atoms with Crippen LogP contribution in [0.2, 0.25) is 0 Å². The maximum atomic E-state index is 11.3. The predicted molar refractivity (Wildman–Crippen MR) is 109 cm³/mol. The van der Waals surface area contributed by atoms with E-state index in [-0.39, 0.29) is 5.69 Å². The van der Waals surface area contributed by atoms with Gasteiger partial charge in [-0.25, -0.2) is 9.78 Å². The van der Waals surface area contributed by atoms with Crippen molar-refractivity contribution < 1.29 is 9.90 Å². The van der Waals surface area contributed by atoms with Gasteiger partial charge in [-0.15, -0.1) is 0 Å². The van der Waals surface area contributed by atoms with Gasteiger partial charge in [0.2, 0.25) is 0 Å². The fourth-order valence-electron chi connectivity index (χ4n) is 3.04. The van der Waals surface area contributed by atoms with E-state index >= 15 is 0 Å². The Kier molecular flexibility index (Phi) is 4.46.